The first-order valence-corrected chi connectivity index (χ1v) is 10.5. The van der Waals surface area contributed by atoms with Crippen molar-refractivity contribution in [3.8, 4) is 11.5 Å². The number of para-hydroxylation sites is 1. The lowest BCUT2D eigenvalue weighted by Gasteiger charge is -2.31. The van der Waals surface area contributed by atoms with Crippen LogP contribution in [-0.4, -0.2) is 49.6 Å². The van der Waals surface area contributed by atoms with Gasteiger partial charge in [-0.1, -0.05) is 18.2 Å². The predicted molar refractivity (Wildman–Crippen MR) is 111 cm³/mol. The molecule has 1 atom stereocenters. The van der Waals surface area contributed by atoms with Crippen LogP contribution in [0.3, 0.4) is 0 Å². The van der Waals surface area contributed by atoms with Crippen LogP contribution in [-0.2, 0) is 6.54 Å². The number of aromatic amines is 1. The monoisotopic (exact) mass is 395 g/mol. The van der Waals surface area contributed by atoms with E-state index in [4.69, 9.17) is 9.47 Å². The van der Waals surface area contributed by atoms with Gasteiger partial charge >= 0.3 is 0 Å². The second kappa shape index (κ2) is 7.71. The smallest absolute Gasteiger partial charge is 0.231 e. The minimum absolute atomic E-state index is 0.325. The molecule has 0 saturated carbocycles. The number of fused-ring (bicyclic) bond motifs is 2. The molecule has 2 aliphatic rings. The maximum Gasteiger partial charge on any atom is 0.231 e. The number of nitrogens with one attached hydrogen (secondary N) is 3. The Balaban J connectivity index is 1.18. The Kier molecular flexibility index (Phi) is 4.91. The largest absolute Gasteiger partial charge is 0.454 e. The fourth-order valence-corrected chi connectivity index (χ4v) is 4.78. The molecule has 3 aromatic rings. The van der Waals surface area contributed by atoms with Gasteiger partial charge < -0.3 is 29.4 Å². The standard InChI is InChI=1S/C23H27N3O3/c1-16-23(18-4-2-3-5-19(18)24-16)20(27)14-26-10-8-25(9-11-26)13-17-6-7-21-22(12-17)29-15-28-21/h2-7,12,20,24,27H,8-11,13-15H2,1H3/p+2/t20-/m0/s1. The SMILES string of the molecule is Cc1[nH]c2ccccc2c1[C@@H](O)C[NH+]1CC[NH+](Cc2ccc3c(c2)OCO3)CC1. The first-order valence-electron chi connectivity index (χ1n) is 10.5. The summed E-state index contributed by atoms with van der Waals surface area (Å²) in [5.74, 6) is 1.71. The highest BCUT2D eigenvalue weighted by Crippen LogP contribution is 2.32. The van der Waals surface area contributed by atoms with Gasteiger partial charge in [0.25, 0.3) is 0 Å². The second-order valence-electron chi connectivity index (χ2n) is 8.29. The number of piperazine rings is 1. The Labute approximate surface area is 170 Å². The molecular formula is C23H29N3O3+2. The number of benzene rings is 2. The molecule has 0 aliphatic carbocycles. The highest BCUT2D eigenvalue weighted by molar-refractivity contribution is 5.84. The van der Waals surface area contributed by atoms with E-state index in [2.05, 4.69) is 36.2 Å². The Morgan fingerprint density at radius 3 is 2.62 bits per heavy atom. The number of rotatable bonds is 5. The number of aryl methyl sites for hydroxylation is 1. The van der Waals surface area contributed by atoms with Gasteiger partial charge in [0.15, 0.2) is 11.5 Å². The number of aromatic nitrogens is 1. The van der Waals surface area contributed by atoms with Crippen molar-refractivity contribution in [3.63, 3.8) is 0 Å². The molecule has 4 N–H and O–H groups in total. The topological polar surface area (TPSA) is 63.4 Å². The van der Waals surface area contributed by atoms with Crippen LogP contribution in [0.5, 0.6) is 11.5 Å². The molecule has 0 amide bonds. The van der Waals surface area contributed by atoms with Crippen LogP contribution in [0, 0.1) is 6.92 Å². The minimum atomic E-state index is -0.434. The van der Waals surface area contributed by atoms with E-state index in [9.17, 15) is 5.11 Å². The quantitative estimate of drug-likeness (QED) is 0.500. The van der Waals surface area contributed by atoms with E-state index in [1.54, 1.807) is 4.90 Å². The third-order valence-electron chi connectivity index (χ3n) is 6.31. The number of quaternary nitrogens is 2. The van der Waals surface area contributed by atoms with E-state index in [0.29, 0.717) is 6.79 Å². The molecule has 1 aromatic heterocycles. The summed E-state index contributed by atoms with van der Waals surface area (Å²) in [5.41, 5.74) is 4.53. The molecule has 1 fully saturated rings. The molecule has 29 heavy (non-hydrogen) atoms. The van der Waals surface area contributed by atoms with Crippen molar-refractivity contribution in [2.24, 2.45) is 0 Å². The van der Waals surface area contributed by atoms with Crippen LogP contribution in [0.1, 0.15) is 22.9 Å². The Bertz CT molecular complexity index is 1010. The molecule has 0 bridgehead atoms. The zero-order valence-corrected chi connectivity index (χ0v) is 16.8. The molecule has 2 aromatic carbocycles. The van der Waals surface area contributed by atoms with Gasteiger partial charge in [-0.25, -0.2) is 0 Å². The number of hydrogen-bond donors (Lipinski definition) is 4. The van der Waals surface area contributed by atoms with E-state index in [0.717, 1.165) is 72.9 Å². The summed E-state index contributed by atoms with van der Waals surface area (Å²) in [6, 6.07) is 14.5. The van der Waals surface area contributed by atoms with Crippen molar-refractivity contribution in [1.82, 2.24) is 4.98 Å². The van der Waals surface area contributed by atoms with Crippen molar-refractivity contribution in [3.05, 3.63) is 59.3 Å². The van der Waals surface area contributed by atoms with Gasteiger partial charge in [0.1, 0.15) is 45.4 Å². The van der Waals surface area contributed by atoms with Crippen LogP contribution < -0.4 is 19.3 Å². The fraction of sp³-hybridized carbons (Fsp3) is 0.391. The highest BCUT2D eigenvalue weighted by atomic mass is 16.7. The third kappa shape index (κ3) is 3.71. The number of H-pyrrole nitrogens is 1. The van der Waals surface area contributed by atoms with Gasteiger partial charge in [-0.2, -0.15) is 0 Å². The lowest BCUT2D eigenvalue weighted by molar-refractivity contribution is -1.02. The van der Waals surface area contributed by atoms with E-state index in [-0.39, 0.29) is 0 Å². The molecular weight excluding hydrogens is 366 g/mol. The van der Waals surface area contributed by atoms with Crippen LogP contribution >= 0.6 is 0 Å². The van der Waals surface area contributed by atoms with E-state index in [1.807, 2.05) is 18.2 Å². The predicted octanol–water partition coefficient (Wildman–Crippen LogP) is 0.222. The van der Waals surface area contributed by atoms with Gasteiger partial charge in [-0.3, -0.25) is 0 Å². The lowest BCUT2D eigenvalue weighted by Crippen LogP contribution is -3.27. The Morgan fingerprint density at radius 1 is 1.00 bits per heavy atom. The number of aliphatic hydroxyl groups excluding tert-OH is 1. The average Bonchev–Trinajstić information content (AvgIpc) is 3.32. The van der Waals surface area contributed by atoms with Crippen molar-refractivity contribution in [2.45, 2.75) is 19.6 Å². The number of aliphatic hydroxyl groups is 1. The molecule has 6 nitrogen and oxygen atoms in total. The summed E-state index contributed by atoms with van der Waals surface area (Å²) >= 11 is 0. The number of hydrogen-bond acceptors (Lipinski definition) is 3. The summed E-state index contributed by atoms with van der Waals surface area (Å²) in [7, 11) is 0. The molecule has 0 unspecified atom stereocenters. The first-order chi connectivity index (χ1) is 14.2. The molecule has 6 heteroatoms. The third-order valence-corrected chi connectivity index (χ3v) is 6.31. The molecule has 5 rings (SSSR count). The molecule has 0 radical (unpaired) electrons. The van der Waals surface area contributed by atoms with Crippen LogP contribution in [0.2, 0.25) is 0 Å². The molecule has 152 valence electrons. The normalized spacial score (nSPS) is 22.1. The summed E-state index contributed by atoms with van der Waals surface area (Å²) in [6.07, 6.45) is -0.434. The zero-order chi connectivity index (χ0) is 19.8. The maximum absolute atomic E-state index is 11.0. The second-order valence-corrected chi connectivity index (χ2v) is 8.29. The lowest BCUT2D eigenvalue weighted by atomic mass is 10.0. The van der Waals surface area contributed by atoms with Crippen molar-refractivity contribution < 1.29 is 24.4 Å². The van der Waals surface area contributed by atoms with Gasteiger partial charge in [0.2, 0.25) is 6.79 Å². The highest BCUT2D eigenvalue weighted by Gasteiger charge is 2.27. The van der Waals surface area contributed by atoms with Crippen LogP contribution in [0.4, 0.5) is 0 Å². The van der Waals surface area contributed by atoms with Crippen molar-refractivity contribution >= 4 is 10.9 Å². The Morgan fingerprint density at radius 2 is 1.76 bits per heavy atom. The minimum Gasteiger partial charge on any atom is -0.454 e. The van der Waals surface area contributed by atoms with Gasteiger partial charge in [-0.15, -0.1) is 0 Å². The summed E-state index contributed by atoms with van der Waals surface area (Å²) < 4.78 is 10.9. The summed E-state index contributed by atoms with van der Waals surface area (Å²) in [5, 5.41) is 12.1. The van der Waals surface area contributed by atoms with Gasteiger partial charge in [-0.05, 0) is 31.2 Å². The molecule has 3 heterocycles. The number of ether oxygens (including phenoxy) is 2. The van der Waals surface area contributed by atoms with E-state index >= 15 is 0 Å². The van der Waals surface area contributed by atoms with E-state index in [1.165, 1.54) is 10.5 Å². The van der Waals surface area contributed by atoms with Gasteiger partial charge in [0, 0.05) is 27.7 Å². The van der Waals surface area contributed by atoms with Crippen molar-refractivity contribution in [2.75, 3.05) is 39.5 Å². The zero-order valence-electron chi connectivity index (χ0n) is 16.8. The first kappa shape index (κ1) is 18.5. The molecule has 0 spiro atoms. The average molecular weight is 396 g/mol. The summed E-state index contributed by atoms with van der Waals surface area (Å²) in [6.45, 7) is 8.55. The molecule has 2 aliphatic heterocycles. The fourth-order valence-electron chi connectivity index (χ4n) is 4.78. The van der Waals surface area contributed by atoms with E-state index < -0.39 is 6.10 Å². The van der Waals surface area contributed by atoms with Crippen molar-refractivity contribution in [1.29, 1.82) is 0 Å². The van der Waals surface area contributed by atoms with Crippen LogP contribution in [0.25, 0.3) is 10.9 Å². The van der Waals surface area contributed by atoms with Crippen LogP contribution in [0.15, 0.2) is 42.5 Å². The molecule has 1 saturated heterocycles. The maximum atomic E-state index is 11.0. The van der Waals surface area contributed by atoms with Gasteiger partial charge in [0.05, 0.1) is 0 Å². The summed E-state index contributed by atoms with van der Waals surface area (Å²) in [4.78, 5) is 6.48. The Hall–Kier alpha value is -2.54.